The van der Waals surface area contributed by atoms with Crippen LogP contribution < -0.4 is 5.32 Å². The van der Waals surface area contributed by atoms with Crippen LogP contribution in [0.3, 0.4) is 0 Å². The van der Waals surface area contributed by atoms with E-state index in [1.54, 1.807) is 0 Å². The topological polar surface area (TPSA) is 24.9 Å². The van der Waals surface area contributed by atoms with Crippen LogP contribution in [0.4, 0.5) is 8.78 Å². The molecule has 19 heavy (non-hydrogen) atoms. The summed E-state index contributed by atoms with van der Waals surface area (Å²) in [5, 5.41) is 3.25. The van der Waals surface area contributed by atoms with Gasteiger partial charge in [0.1, 0.15) is 11.6 Å². The second-order valence-corrected chi connectivity index (χ2v) is 4.79. The van der Waals surface area contributed by atoms with Crippen LogP contribution >= 0.6 is 0 Å². The quantitative estimate of drug-likeness (QED) is 0.852. The number of rotatable bonds is 1. The molecule has 0 amide bonds. The fraction of sp³-hybridized carbons (Fsp3) is 0.267. The van der Waals surface area contributed by atoms with Gasteiger partial charge in [-0.05, 0) is 49.2 Å². The highest BCUT2D eigenvalue weighted by atomic mass is 19.1. The lowest BCUT2D eigenvalue weighted by Crippen LogP contribution is -2.25. The highest BCUT2D eigenvalue weighted by Gasteiger charge is 2.18. The van der Waals surface area contributed by atoms with Crippen molar-refractivity contribution in [1.82, 2.24) is 10.3 Å². The average Bonchev–Trinajstić information content (AvgIpc) is 2.38. The third-order valence-electron chi connectivity index (χ3n) is 3.40. The van der Waals surface area contributed by atoms with Crippen molar-refractivity contribution in [1.29, 1.82) is 0 Å². The third-order valence-corrected chi connectivity index (χ3v) is 3.40. The van der Waals surface area contributed by atoms with Gasteiger partial charge in [0.15, 0.2) is 0 Å². The van der Waals surface area contributed by atoms with Gasteiger partial charge in [0, 0.05) is 23.9 Å². The predicted octanol–water partition coefficient (Wildman–Crippen LogP) is 2.98. The van der Waals surface area contributed by atoms with E-state index < -0.39 is 11.6 Å². The first kappa shape index (κ1) is 12.2. The molecule has 0 saturated heterocycles. The number of nitrogens with one attached hydrogen (secondary N) is 1. The number of hydrogen-bond donors (Lipinski definition) is 1. The number of aromatic nitrogens is 1. The van der Waals surface area contributed by atoms with Crippen molar-refractivity contribution >= 4 is 0 Å². The molecule has 0 atom stereocenters. The van der Waals surface area contributed by atoms with Gasteiger partial charge in [-0.3, -0.25) is 4.98 Å². The van der Waals surface area contributed by atoms with Gasteiger partial charge in [-0.15, -0.1) is 0 Å². The van der Waals surface area contributed by atoms with Crippen molar-refractivity contribution in [2.75, 3.05) is 6.54 Å². The Balaban J connectivity index is 2.21. The van der Waals surface area contributed by atoms with Crippen molar-refractivity contribution in [3.05, 3.63) is 52.9 Å². The molecule has 1 aromatic carbocycles. The lowest BCUT2D eigenvalue weighted by Gasteiger charge is -2.20. The normalized spacial score (nSPS) is 14.3. The standard InChI is InChI=1S/C15H14F2N2/c1-9-6-13(11-3-2-10(16)7-14(11)17)12-4-5-18-8-15(12)19-9/h2-3,6-7,18H,4-5,8H2,1H3. The molecule has 1 aliphatic rings. The third kappa shape index (κ3) is 2.24. The summed E-state index contributed by atoms with van der Waals surface area (Å²) in [5.74, 6) is -1.08. The van der Waals surface area contributed by atoms with Crippen LogP contribution in [0.1, 0.15) is 17.0 Å². The first-order valence-electron chi connectivity index (χ1n) is 6.30. The minimum Gasteiger partial charge on any atom is -0.311 e. The van der Waals surface area contributed by atoms with Crippen molar-refractivity contribution in [3.63, 3.8) is 0 Å². The number of halogens is 2. The van der Waals surface area contributed by atoms with Crippen LogP contribution in [-0.4, -0.2) is 11.5 Å². The number of nitrogens with zero attached hydrogens (tertiary/aromatic N) is 1. The molecule has 98 valence electrons. The number of pyridine rings is 1. The van der Waals surface area contributed by atoms with Crippen molar-refractivity contribution in [2.45, 2.75) is 19.9 Å². The molecule has 4 heteroatoms. The molecule has 0 spiro atoms. The van der Waals surface area contributed by atoms with Crippen LogP contribution in [0.15, 0.2) is 24.3 Å². The lowest BCUT2D eigenvalue weighted by molar-refractivity contribution is 0.584. The van der Waals surface area contributed by atoms with Crippen molar-refractivity contribution in [3.8, 4) is 11.1 Å². The van der Waals surface area contributed by atoms with Crippen LogP contribution in [-0.2, 0) is 13.0 Å². The molecule has 2 aromatic rings. The SMILES string of the molecule is Cc1cc(-c2ccc(F)cc2F)c2c(n1)CNCC2. The highest BCUT2D eigenvalue weighted by molar-refractivity contribution is 5.69. The molecule has 2 heterocycles. The Bertz CT molecular complexity index is 638. The average molecular weight is 260 g/mol. The largest absolute Gasteiger partial charge is 0.311 e. The number of hydrogen-bond acceptors (Lipinski definition) is 2. The maximum atomic E-state index is 14.0. The predicted molar refractivity (Wildman–Crippen MR) is 69.7 cm³/mol. The van der Waals surface area contributed by atoms with Crippen molar-refractivity contribution < 1.29 is 8.78 Å². The fourth-order valence-corrected chi connectivity index (χ4v) is 2.56. The number of benzene rings is 1. The first-order valence-corrected chi connectivity index (χ1v) is 6.30. The van der Waals surface area contributed by atoms with Gasteiger partial charge in [0.2, 0.25) is 0 Å². The zero-order valence-electron chi connectivity index (χ0n) is 10.6. The second kappa shape index (κ2) is 4.70. The Morgan fingerprint density at radius 3 is 2.79 bits per heavy atom. The molecule has 0 radical (unpaired) electrons. The molecule has 3 rings (SSSR count). The van der Waals surface area contributed by atoms with E-state index in [4.69, 9.17) is 0 Å². The van der Waals surface area contributed by atoms with Gasteiger partial charge in [-0.25, -0.2) is 8.78 Å². The molecule has 1 aromatic heterocycles. The van der Waals surface area contributed by atoms with E-state index in [1.807, 2.05) is 13.0 Å². The Labute approximate surface area is 110 Å². The second-order valence-electron chi connectivity index (χ2n) is 4.79. The number of fused-ring (bicyclic) bond motifs is 1. The molecule has 2 nitrogen and oxygen atoms in total. The van der Waals surface area contributed by atoms with Crippen LogP contribution in [0.2, 0.25) is 0 Å². The minimum atomic E-state index is -0.553. The van der Waals surface area contributed by atoms with Crippen LogP contribution in [0.25, 0.3) is 11.1 Å². The van der Waals surface area contributed by atoms with Crippen LogP contribution in [0.5, 0.6) is 0 Å². The molecule has 0 saturated carbocycles. The zero-order chi connectivity index (χ0) is 13.4. The van der Waals surface area contributed by atoms with Crippen molar-refractivity contribution in [2.24, 2.45) is 0 Å². The van der Waals surface area contributed by atoms with E-state index in [0.717, 1.165) is 41.5 Å². The van der Waals surface area contributed by atoms with E-state index in [0.29, 0.717) is 12.1 Å². The smallest absolute Gasteiger partial charge is 0.133 e. The molecule has 0 unspecified atom stereocenters. The molecular formula is C15H14F2N2. The summed E-state index contributed by atoms with van der Waals surface area (Å²) < 4.78 is 27.0. The van der Waals surface area contributed by atoms with E-state index >= 15 is 0 Å². The van der Waals surface area contributed by atoms with E-state index in [1.165, 1.54) is 12.1 Å². The van der Waals surface area contributed by atoms with Gasteiger partial charge < -0.3 is 5.32 Å². The molecule has 0 fully saturated rings. The molecule has 0 bridgehead atoms. The summed E-state index contributed by atoms with van der Waals surface area (Å²) in [7, 11) is 0. The summed E-state index contributed by atoms with van der Waals surface area (Å²) in [4.78, 5) is 4.49. The Kier molecular flexibility index (Phi) is 3.03. The molecule has 0 aliphatic carbocycles. The molecule has 1 aliphatic heterocycles. The lowest BCUT2D eigenvalue weighted by atomic mass is 9.94. The monoisotopic (exact) mass is 260 g/mol. The van der Waals surface area contributed by atoms with Gasteiger partial charge in [0.25, 0.3) is 0 Å². The van der Waals surface area contributed by atoms with Gasteiger partial charge >= 0.3 is 0 Å². The summed E-state index contributed by atoms with van der Waals surface area (Å²) >= 11 is 0. The van der Waals surface area contributed by atoms with E-state index in [9.17, 15) is 8.78 Å². The van der Waals surface area contributed by atoms with Gasteiger partial charge in [-0.2, -0.15) is 0 Å². The molecule has 1 N–H and O–H groups in total. The Morgan fingerprint density at radius 1 is 1.16 bits per heavy atom. The molecular weight excluding hydrogens is 246 g/mol. The highest BCUT2D eigenvalue weighted by Crippen LogP contribution is 2.30. The van der Waals surface area contributed by atoms with E-state index in [-0.39, 0.29) is 0 Å². The summed E-state index contributed by atoms with van der Waals surface area (Å²) in [6.07, 6.45) is 0.814. The maximum absolute atomic E-state index is 14.0. The van der Waals surface area contributed by atoms with E-state index in [2.05, 4.69) is 10.3 Å². The number of aryl methyl sites for hydroxylation is 1. The summed E-state index contributed by atoms with van der Waals surface area (Å²) in [6, 6.07) is 5.60. The summed E-state index contributed by atoms with van der Waals surface area (Å²) in [5.41, 5.74) is 4.16. The minimum absolute atomic E-state index is 0.449. The van der Waals surface area contributed by atoms with Gasteiger partial charge in [0.05, 0.1) is 5.69 Å². The van der Waals surface area contributed by atoms with Crippen LogP contribution in [0, 0.1) is 18.6 Å². The summed E-state index contributed by atoms with van der Waals surface area (Å²) in [6.45, 7) is 3.44. The first-order chi connectivity index (χ1) is 9.15. The zero-order valence-corrected chi connectivity index (χ0v) is 10.6. The fourth-order valence-electron chi connectivity index (χ4n) is 2.56. The Morgan fingerprint density at radius 2 is 2.00 bits per heavy atom. The Hall–Kier alpha value is -1.81. The maximum Gasteiger partial charge on any atom is 0.133 e. The van der Waals surface area contributed by atoms with Gasteiger partial charge in [-0.1, -0.05) is 0 Å².